The highest BCUT2D eigenvalue weighted by Crippen LogP contribution is 2.18. The number of aromatic nitrogens is 1. The minimum absolute atomic E-state index is 0.0274. The van der Waals surface area contributed by atoms with Crippen LogP contribution in [0.2, 0.25) is 0 Å². The summed E-state index contributed by atoms with van der Waals surface area (Å²) in [6.07, 6.45) is -1.14. The van der Waals surface area contributed by atoms with Crippen LogP contribution >= 0.6 is 11.3 Å². The van der Waals surface area contributed by atoms with Gasteiger partial charge in [0.15, 0.2) is 5.13 Å². The molecule has 0 aliphatic heterocycles. The summed E-state index contributed by atoms with van der Waals surface area (Å²) >= 11 is 0.945. The highest BCUT2D eigenvalue weighted by atomic mass is 32.2. The minimum Gasteiger partial charge on any atom is -0.508 e. The number of phenols is 1. The summed E-state index contributed by atoms with van der Waals surface area (Å²) in [4.78, 5) is 16.6. The quantitative estimate of drug-likeness (QED) is 0.321. The van der Waals surface area contributed by atoms with Crippen LogP contribution in [-0.4, -0.2) is 72.9 Å². The van der Waals surface area contributed by atoms with E-state index in [0.29, 0.717) is 5.56 Å². The van der Waals surface area contributed by atoms with Crippen molar-refractivity contribution in [2.24, 2.45) is 0 Å². The Bertz CT molecular complexity index is 932. The van der Waals surface area contributed by atoms with Crippen molar-refractivity contribution in [1.29, 1.82) is 0 Å². The number of aliphatic hydroxyl groups is 2. The molecule has 166 valence electrons. The van der Waals surface area contributed by atoms with Crippen LogP contribution in [0.25, 0.3) is 0 Å². The zero-order chi connectivity index (χ0) is 22.3. The van der Waals surface area contributed by atoms with Gasteiger partial charge in [-0.15, -0.1) is 11.3 Å². The third-order valence-electron chi connectivity index (χ3n) is 4.14. The van der Waals surface area contributed by atoms with Crippen LogP contribution < -0.4 is 10.0 Å². The topological polar surface area (TPSA) is 158 Å². The molecule has 12 heteroatoms. The van der Waals surface area contributed by atoms with E-state index in [-0.39, 0.29) is 36.0 Å². The van der Waals surface area contributed by atoms with Crippen molar-refractivity contribution in [2.45, 2.75) is 31.1 Å². The van der Waals surface area contributed by atoms with E-state index in [9.17, 15) is 28.5 Å². The second-order valence-corrected chi connectivity index (χ2v) is 9.31. The third kappa shape index (κ3) is 7.54. The fourth-order valence-corrected chi connectivity index (χ4v) is 4.19. The zero-order valence-corrected chi connectivity index (χ0v) is 18.1. The lowest BCUT2D eigenvalue weighted by Gasteiger charge is -2.27. The number of benzene rings is 1. The monoisotopic (exact) mass is 459 g/mol. The maximum Gasteiger partial charge on any atom is 0.271 e. The SMILES string of the molecule is COCCC(O)C(O)C(Cc1ccc(O)cc1)NC(=O)c1csc(NS(C)(=O)=O)n1. The number of anilines is 1. The lowest BCUT2D eigenvalue weighted by atomic mass is 9.96. The van der Waals surface area contributed by atoms with E-state index in [4.69, 9.17) is 4.74 Å². The second kappa shape index (κ2) is 10.7. The van der Waals surface area contributed by atoms with Crippen LogP contribution in [0, 0.1) is 0 Å². The summed E-state index contributed by atoms with van der Waals surface area (Å²) in [5, 5.41) is 34.3. The van der Waals surface area contributed by atoms with Gasteiger partial charge in [-0.1, -0.05) is 12.1 Å². The van der Waals surface area contributed by atoms with E-state index in [1.807, 2.05) is 0 Å². The third-order valence-corrected chi connectivity index (χ3v) is 5.59. The predicted molar refractivity (Wildman–Crippen MR) is 112 cm³/mol. The molecule has 30 heavy (non-hydrogen) atoms. The van der Waals surface area contributed by atoms with Gasteiger partial charge in [0.1, 0.15) is 17.5 Å². The number of amides is 1. The summed E-state index contributed by atoms with van der Waals surface area (Å²) in [5.74, 6) is -0.553. The van der Waals surface area contributed by atoms with E-state index < -0.39 is 34.2 Å². The molecular formula is C18H25N3O7S2. The van der Waals surface area contributed by atoms with Gasteiger partial charge in [0.05, 0.1) is 18.4 Å². The number of rotatable bonds is 11. The van der Waals surface area contributed by atoms with Crippen molar-refractivity contribution in [3.63, 3.8) is 0 Å². The maximum absolute atomic E-state index is 12.6. The van der Waals surface area contributed by atoms with Gasteiger partial charge < -0.3 is 25.4 Å². The Morgan fingerprint density at radius 2 is 1.93 bits per heavy atom. The molecule has 0 radical (unpaired) electrons. The van der Waals surface area contributed by atoms with Crippen LogP contribution in [-0.2, 0) is 21.2 Å². The number of methoxy groups -OCH3 is 1. The molecule has 1 amide bonds. The molecule has 0 bridgehead atoms. The second-order valence-electron chi connectivity index (χ2n) is 6.70. The summed E-state index contributed by atoms with van der Waals surface area (Å²) in [5.41, 5.74) is 0.689. The number of hydrogen-bond donors (Lipinski definition) is 5. The molecule has 10 nitrogen and oxygen atoms in total. The highest BCUT2D eigenvalue weighted by Gasteiger charge is 2.29. The normalized spacial score (nSPS) is 14.7. The summed E-state index contributed by atoms with van der Waals surface area (Å²) < 4.78 is 29.7. The molecule has 0 saturated carbocycles. The molecule has 0 spiro atoms. The Morgan fingerprint density at radius 3 is 2.53 bits per heavy atom. The number of nitrogens with one attached hydrogen (secondary N) is 2. The molecule has 3 unspecified atom stereocenters. The number of sulfonamides is 1. The number of aromatic hydroxyl groups is 1. The van der Waals surface area contributed by atoms with Crippen LogP contribution in [0.3, 0.4) is 0 Å². The van der Waals surface area contributed by atoms with E-state index in [1.54, 1.807) is 12.1 Å². The first-order valence-corrected chi connectivity index (χ1v) is 11.7. The molecule has 1 heterocycles. The van der Waals surface area contributed by atoms with E-state index >= 15 is 0 Å². The average molecular weight is 460 g/mol. The summed E-state index contributed by atoms with van der Waals surface area (Å²) in [7, 11) is -2.06. The molecule has 0 saturated heterocycles. The van der Waals surface area contributed by atoms with Crippen LogP contribution in [0.15, 0.2) is 29.6 Å². The largest absolute Gasteiger partial charge is 0.508 e. The predicted octanol–water partition coefficient (Wildman–Crippen LogP) is 0.320. The molecular weight excluding hydrogens is 434 g/mol. The zero-order valence-electron chi connectivity index (χ0n) is 16.5. The number of hydrogen-bond acceptors (Lipinski definition) is 9. The van der Waals surface area contributed by atoms with Gasteiger partial charge in [0.2, 0.25) is 10.0 Å². The van der Waals surface area contributed by atoms with Crippen molar-refractivity contribution in [1.82, 2.24) is 10.3 Å². The molecule has 1 aromatic carbocycles. The lowest BCUT2D eigenvalue weighted by Crippen LogP contribution is -2.50. The summed E-state index contributed by atoms with van der Waals surface area (Å²) in [6, 6.07) is 5.36. The fourth-order valence-electron chi connectivity index (χ4n) is 2.65. The van der Waals surface area contributed by atoms with Crippen molar-refractivity contribution in [3.05, 3.63) is 40.9 Å². The maximum atomic E-state index is 12.6. The molecule has 0 aliphatic carbocycles. The lowest BCUT2D eigenvalue weighted by molar-refractivity contribution is -0.0177. The smallest absolute Gasteiger partial charge is 0.271 e. The Labute approximate surface area is 178 Å². The van der Waals surface area contributed by atoms with Gasteiger partial charge in [0.25, 0.3) is 5.91 Å². The van der Waals surface area contributed by atoms with E-state index in [2.05, 4.69) is 15.0 Å². The number of phenolic OH excluding ortho intramolecular Hbond substituents is 1. The Morgan fingerprint density at radius 1 is 1.27 bits per heavy atom. The van der Waals surface area contributed by atoms with Crippen LogP contribution in [0.4, 0.5) is 5.13 Å². The number of nitrogens with zero attached hydrogens (tertiary/aromatic N) is 1. The minimum atomic E-state index is -3.53. The van der Waals surface area contributed by atoms with E-state index in [1.165, 1.54) is 24.6 Å². The van der Waals surface area contributed by atoms with Crippen molar-refractivity contribution in [3.8, 4) is 5.75 Å². The van der Waals surface area contributed by atoms with Crippen molar-refractivity contribution < 1.29 is 33.3 Å². The van der Waals surface area contributed by atoms with E-state index in [0.717, 1.165) is 17.6 Å². The molecule has 2 aromatic rings. The molecule has 3 atom stereocenters. The van der Waals surface area contributed by atoms with Crippen molar-refractivity contribution >= 4 is 32.4 Å². The number of ether oxygens (including phenoxy) is 1. The van der Waals surface area contributed by atoms with Gasteiger partial charge in [-0.05, 0) is 30.5 Å². The number of thiazole rings is 1. The van der Waals surface area contributed by atoms with Crippen LogP contribution in [0.1, 0.15) is 22.5 Å². The Balaban J connectivity index is 2.16. The number of carbonyl (C=O) groups is 1. The van der Waals surface area contributed by atoms with Crippen molar-refractivity contribution in [2.75, 3.05) is 24.7 Å². The van der Waals surface area contributed by atoms with Gasteiger partial charge in [-0.25, -0.2) is 13.4 Å². The Hall–Kier alpha value is -2.25. The van der Waals surface area contributed by atoms with Gasteiger partial charge in [-0.3, -0.25) is 9.52 Å². The van der Waals surface area contributed by atoms with Gasteiger partial charge in [-0.2, -0.15) is 0 Å². The first kappa shape index (κ1) is 24.0. The fraction of sp³-hybridized carbons (Fsp3) is 0.444. The highest BCUT2D eigenvalue weighted by molar-refractivity contribution is 7.92. The Kier molecular flexibility index (Phi) is 8.55. The first-order chi connectivity index (χ1) is 14.1. The molecule has 0 aliphatic rings. The first-order valence-electron chi connectivity index (χ1n) is 8.96. The number of aliphatic hydroxyl groups excluding tert-OH is 2. The molecule has 5 N–H and O–H groups in total. The average Bonchev–Trinajstić information content (AvgIpc) is 3.13. The van der Waals surface area contributed by atoms with Gasteiger partial charge >= 0.3 is 0 Å². The standard InChI is InChI=1S/C18H25N3O7S2/c1-28-8-7-15(23)16(24)13(9-11-3-5-12(22)6-4-11)19-17(25)14-10-29-18(20-14)21-30(2,26)27/h3-6,10,13,15-16,22-24H,7-9H2,1-2H3,(H,19,25)(H,20,21). The number of carbonyl (C=O) groups excluding carboxylic acids is 1. The van der Waals surface area contributed by atoms with Crippen LogP contribution in [0.5, 0.6) is 5.75 Å². The molecule has 0 fully saturated rings. The van der Waals surface area contributed by atoms with Gasteiger partial charge in [0, 0.05) is 19.1 Å². The molecule has 2 rings (SSSR count). The summed E-state index contributed by atoms with van der Waals surface area (Å²) in [6.45, 7) is 0.227. The molecule has 1 aromatic heterocycles.